The quantitative estimate of drug-likeness (QED) is 0.632. The van der Waals surface area contributed by atoms with Crippen LogP contribution in [0.25, 0.3) is 11.0 Å². The van der Waals surface area contributed by atoms with Crippen molar-refractivity contribution in [1.82, 2.24) is 19.8 Å². The second-order valence-corrected chi connectivity index (χ2v) is 8.24. The topological polar surface area (TPSA) is 59.4 Å². The van der Waals surface area contributed by atoms with Crippen LogP contribution in [-0.4, -0.2) is 47.2 Å². The molecule has 2 aromatic heterocycles. The predicted octanol–water partition coefficient (Wildman–Crippen LogP) is 3.11. The number of hydrogen-bond acceptors (Lipinski definition) is 5. The maximum atomic E-state index is 13.6. The number of likely N-dealkylation sites (tertiary alicyclic amines) is 1. The van der Waals surface area contributed by atoms with Gasteiger partial charge in [0.2, 0.25) is 0 Å². The highest BCUT2D eigenvalue weighted by Crippen LogP contribution is 2.17. The van der Waals surface area contributed by atoms with Gasteiger partial charge in [0.15, 0.2) is 0 Å². The Hall–Kier alpha value is -2.77. The summed E-state index contributed by atoms with van der Waals surface area (Å²) in [6, 6.07) is 10.8. The van der Waals surface area contributed by atoms with Crippen molar-refractivity contribution in [3.63, 3.8) is 0 Å². The van der Waals surface area contributed by atoms with Gasteiger partial charge in [0, 0.05) is 37.8 Å². The maximum Gasteiger partial charge on any atom is 0.251 e. The van der Waals surface area contributed by atoms with Gasteiger partial charge in [0.25, 0.3) is 5.56 Å². The first-order valence-corrected chi connectivity index (χ1v) is 10.8. The van der Waals surface area contributed by atoms with E-state index in [-0.39, 0.29) is 11.4 Å². The Morgan fingerprint density at radius 2 is 1.97 bits per heavy atom. The molecule has 0 amide bonds. The predicted molar refractivity (Wildman–Crippen MR) is 120 cm³/mol. The Balaban J connectivity index is 1.31. The number of aryl methyl sites for hydroxylation is 1. The highest BCUT2D eigenvalue weighted by Gasteiger charge is 2.19. The third kappa shape index (κ3) is 5.29. The molecule has 0 unspecified atom stereocenters. The molecule has 1 saturated heterocycles. The Bertz CT molecular complexity index is 1090. The van der Waals surface area contributed by atoms with Crippen LogP contribution in [-0.2, 0) is 13.1 Å². The normalized spacial score (nSPS) is 15.5. The van der Waals surface area contributed by atoms with Gasteiger partial charge in [-0.1, -0.05) is 6.07 Å². The van der Waals surface area contributed by atoms with Crippen molar-refractivity contribution in [3.8, 4) is 5.75 Å². The zero-order chi connectivity index (χ0) is 21.8. The van der Waals surface area contributed by atoms with Gasteiger partial charge in [-0.15, -0.1) is 0 Å². The number of rotatable bonds is 7. The van der Waals surface area contributed by atoms with E-state index in [1.165, 1.54) is 0 Å². The van der Waals surface area contributed by atoms with Gasteiger partial charge in [0.1, 0.15) is 11.6 Å². The second-order valence-electron chi connectivity index (χ2n) is 8.24. The number of pyridine rings is 2. The van der Waals surface area contributed by atoms with Crippen LogP contribution < -0.4 is 15.6 Å². The minimum absolute atomic E-state index is 0.0236. The molecule has 0 bridgehead atoms. The second kappa shape index (κ2) is 9.58. The van der Waals surface area contributed by atoms with E-state index in [0.29, 0.717) is 24.9 Å². The van der Waals surface area contributed by atoms with E-state index in [2.05, 4.69) is 15.2 Å². The zero-order valence-corrected chi connectivity index (χ0v) is 18.1. The molecule has 4 rings (SSSR count). The minimum atomic E-state index is -0.178. The fraction of sp³-hybridized carbons (Fsp3) is 0.417. The summed E-state index contributed by atoms with van der Waals surface area (Å²) in [7, 11) is 1.60. The number of fused-ring (bicyclic) bond motifs is 1. The number of ether oxygens (including phenoxy) is 1. The van der Waals surface area contributed by atoms with Crippen molar-refractivity contribution in [2.45, 2.75) is 38.9 Å². The van der Waals surface area contributed by atoms with Crippen LogP contribution in [0.1, 0.15) is 24.0 Å². The summed E-state index contributed by atoms with van der Waals surface area (Å²) in [4.78, 5) is 19.2. The molecule has 0 spiro atoms. The molecule has 1 N–H and O–H groups in total. The highest BCUT2D eigenvalue weighted by atomic mass is 19.1. The van der Waals surface area contributed by atoms with Gasteiger partial charge in [0.05, 0.1) is 24.3 Å². The molecule has 1 aliphatic rings. The summed E-state index contributed by atoms with van der Waals surface area (Å²) >= 11 is 0. The van der Waals surface area contributed by atoms with Crippen LogP contribution in [0.5, 0.6) is 5.75 Å². The first-order valence-electron chi connectivity index (χ1n) is 10.8. The van der Waals surface area contributed by atoms with Crippen molar-refractivity contribution >= 4 is 11.0 Å². The summed E-state index contributed by atoms with van der Waals surface area (Å²) in [6.07, 6.45) is 3.74. The number of piperidine rings is 1. The number of hydrogen-bond donors (Lipinski definition) is 1. The zero-order valence-electron chi connectivity index (χ0n) is 18.1. The molecule has 1 aliphatic heterocycles. The van der Waals surface area contributed by atoms with Crippen LogP contribution in [0.3, 0.4) is 0 Å². The molecule has 0 radical (unpaired) electrons. The van der Waals surface area contributed by atoms with Crippen molar-refractivity contribution in [2.24, 2.45) is 0 Å². The molecule has 3 heterocycles. The molecule has 3 aromatic rings. The van der Waals surface area contributed by atoms with Crippen molar-refractivity contribution < 1.29 is 9.13 Å². The highest BCUT2D eigenvalue weighted by molar-refractivity contribution is 5.75. The number of aromatic nitrogens is 2. The number of halogens is 1. The lowest BCUT2D eigenvalue weighted by Crippen LogP contribution is -2.43. The van der Waals surface area contributed by atoms with Gasteiger partial charge in [-0.2, -0.15) is 0 Å². The average Bonchev–Trinajstić information content (AvgIpc) is 2.77. The van der Waals surface area contributed by atoms with Gasteiger partial charge in [-0.3, -0.25) is 9.78 Å². The van der Waals surface area contributed by atoms with E-state index < -0.39 is 0 Å². The van der Waals surface area contributed by atoms with E-state index in [1.807, 2.05) is 19.1 Å². The molecular formula is C24H29FN4O2. The van der Waals surface area contributed by atoms with Crippen LogP contribution in [0.15, 0.2) is 47.4 Å². The largest absolute Gasteiger partial charge is 0.495 e. The van der Waals surface area contributed by atoms with Crippen LogP contribution in [0.4, 0.5) is 4.39 Å². The summed E-state index contributed by atoms with van der Waals surface area (Å²) in [6.45, 7) is 5.97. The van der Waals surface area contributed by atoms with Crippen molar-refractivity contribution in [1.29, 1.82) is 0 Å². The first kappa shape index (κ1) is 21.5. The average molecular weight is 425 g/mol. The number of nitrogens with one attached hydrogen (secondary N) is 1. The number of benzene rings is 1. The van der Waals surface area contributed by atoms with Crippen LogP contribution in [0, 0.1) is 12.7 Å². The smallest absolute Gasteiger partial charge is 0.251 e. The van der Waals surface area contributed by atoms with Crippen molar-refractivity contribution in [3.05, 3.63) is 69.9 Å². The molecule has 1 aromatic carbocycles. The van der Waals surface area contributed by atoms with E-state index in [9.17, 15) is 9.18 Å². The van der Waals surface area contributed by atoms with E-state index in [1.54, 1.807) is 42.1 Å². The summed E-state index contributed by atoms with van der Waals surface area (Å²) < 4.78 is 20.6. The van der Waals surface area contributed by atoms with E-state index in [4.69, 9.17) is 4.74 Å². The molecule has 31 heavy (non-hydrogen) atoms. The Kier molecular flexibility index (Phi) is 6.63. The lowest BCUT2D eigenvalue weighted by Gasteiger charge is -2.32. The van der Waals surface area contributed by atoms with Gasteiger partial charge in [-0.25, -0.2) is 4.39 Å². The Morgan fingerprint density at radius 3 is 2.71 bits per heavy atom. The standard InChI is InChI=1S/C24H29FN4O2/c1-17-11-18(13-19(25)12-17)15-26-20-5-7-28(8-6-20)9-10-29-23-14-21(31-2)16-27-22(23)3-4-24(29)30/h3-4,11-14,16,20,26H,5-10,15H2,1-2H3. The van der Waals surface area contributed by atoms with Crippen LogP contribution >= 0.6 is 0 Å². The van der Waals surface area contributed by atoms with Gasteiger partial charge >= 0.3 is 0 Å². The first-order chi connectivity index (χ1) is 15.0. The minimum Gasteiger partial charge on any atom is -0.495 e. The summed E-state index contributed by atoms with van der Waals surface area (Å²) in [5, 5.41) is 3.56. The summed E-state index contributed by atoms with van der Waals surface area (Å²) in [5.74, 6) is 0.468. The lowest BCUT2D eigenvalue weighted by molar-refractivity contribution is 0.191. The van der Waals surface area contributed by atoms with Gasteiger partial charge in [-0.05, 0) is 62.2 Å². The molecule has 0 aliphatic carbocycles. The SMILES string of the molecule is COc1cnc2ccc(=O)n(CCN3CCC(NCc4cc(C)cc(F)c4)CC3)c2c1. The fourth-order valence-electron chi connectivity index (χ4n) is 4.27. The maximum absolute atomic E-state index is 13.6. The fourth-order valence-corrected chi connectivity index (χ4v) is 4.27. The van der Waals surface area contributed by atoms with E-state index in [0.717, 1.165) is 54.6 Å². The third-order valence-corrected chi connectivity index (χ3v) is 5.97. The molecule has 1 fully saturated rings. The molecular weight excluding hydrogens is 395 g/mol. The lowest BCUT2D eigenvalue weighted by atomic mass is 10.0. The number of nitrogens with zero attached hydrogens (tertiary/aromatic N) is 3. The Morgan fingerprint density at radius 1 is 1.16 bits per heavy atom. The molecule has 7 heteroatoms. The molecule has 0 atom stereocenters. The van der Waals surface area contributed by atoms with Crippen molar-refractivity contribution in [2.75, 3.05) is 26.7 Å². The molecule has 0 saturated carbocycles. The van der Waals surface area contributed by atoms with E-state index >= 15 is 0 Å². The Labute approximate surface area is 181 Å². The third-order valence-electron chi connectivity index (χ3n) is 5.97. The van der Waals surface area contributed by atoms with Crippen LogP contribution in [0.2, 0.25) is 0 Å². The summed E-state index contributed by atoms with van der Waals surface area (Å²) in [5.41, 5.74) is 3.50. The molecule has 6 nitrogen and oxygen atoms in total. The monoisotopic (exact) mass is 424 g/mol. The number of methoxy groups -OCH3 is 1. The van der Waals surface area contributed by atoms with Gasteiger partial charge < -0.3 is 19.5 Å². The molecule has 164 valence electrons.